The maximum Gasteiger partial charge on any atom is 0.348 e. The Morgan fingerprint density at radius 3 is 2.36 bits per heavy atom. The molecule has 1 aromatic carbocycles. The Morgan fingerprint density at radius 2 is 1.74 bits per heavy atom. The van der Waals surface area contributed by atoms with Crippen molar-refractivity contribution < 1.29 is 68.1 Å². The van der Waals surface area contributed by atoms with E-state index in [1.165, 1.54) is 13.0 Å². The van der Waals surface area contributed by atoms with E-state index < -0.39 is 90.1 Å². The summed E-state index contributed by atoms with van der Waals surface area (Å²) < 4.78 is 21.8. The van der Waals surface area contributed by atoms with Gasteiger partial charge in [-0.25, -0.2) is 9.59 Å². The first-order chi connectivity index (χ1) is 21.9. The molecule has 0 aromatic heterocycles. The number of carbonyl (C=O) groups is 6. The standard InChI is InChI=1S/C32H39NO14/c1-15-6-7-20(35)26-25(15)31-10-11-33(5)18(4)32(31,43)9-8-21(27(31)47-26)45-24(38)13-19(12-16(2)34)30(42)44-17(3)29(41)46-22(28(39)40)14-23(36)37/h6-8,17-19,22,27,35,43H,9-14H2,1-5H3,(H,36,37)(H,39,40)/t17-,18+,19-,22+,27-,31-,32+/m0/s1. The molecule has 0 amide bonds. The predicted octanol–water partition coefficient (Wildman–Crippen LogP) is 1.37. The van der Waals surface area contributed by atoms with Crippen LogP contribution in [0.25, 0.3) is 0 Å². The summed E-state index contributed by atoms with van der Waals surface area (Å²) in [6.07, 6.45) is -4.86. The van der Waals surface area contributed by atoms with Crippen LogP contribution in [0.3, 0.4) is 0 Å². The van der Waals surface area contributed by atoms with Gasteiger partial charge in [0.1, 0.15) is 11.5 Å². The zero-order valence-corrected chi connectivity index (χ0v) is 26.7. The Kier molecular flexibility index (Phi) is 10.0. The number of ketones is 1. The molecule has 15 heteroatoms. The number of aryl methyl sites for hydroxylation is 1. The van der Waals surface area contributed by atoms with E-state index in [2.05, 4.69) is 4.74 Å². The number of ether oxygens (including phenoxy) is 4. The number of benzene rings is 1. The largest absolute Gasteiger partial charge is 0.504 e. The van der Waals surface area contributed by atoms with Gasteiger partial charge < -0.3 is 49.1 Å². The van der Waals surface area contributed by atoms with Gasteiger partial charge in [0.25, 0.3) is 0 Å². The summed E-state index contributed by atoms with van der Waals surface area (Å²) in [6, 6.07) is 2.87. The second kappa shape index (κ2) is 13.3. The van der Waals surface area contributed by atoms with Crippen molar-refractivity contribution in [3.05, 3.63) is 35.1 Å². The first kappa shape index (κ1) is 35.4. The Labute approximate surface area is 270 Å². The number of carboxylic acid groups (broad SMARTS) is 2. The highest BCUT2D eigenvalue weighted by Crippen LogP contribution is 2.62. The summed E-state index contributed by atoms with van der Waals surface area (Å²) >= 11 is 0. The number of carbonyl (C=O) groups excluding carboxylic acids is 4. The van der Waals surface area contributed by atoms with Crippen molar-refractivity contribution in [2.75, 3.05) is 13.6 Å². The van der Waals surface area contributed by atoms with Crippen LogP contribution in [0, 0.1) is 12.8 Å². The smallest absolute Gasteiger partial charge is 0.348 e. The molecule has 1 aromatic rings. The molecule has 1 aliphatic carbocycles. The number of rotatable bonds is 12. The van der Waals surface area contributed by atoms with Gasteiger partial charge in [-0.05, 0) is 65.4 Å². The Morgan fingerprint density at radius 1 is 1.06 bits per heavy atom. The van der Waals surface area contributed by atoms with Crippen LogP contribution >= 0.6 is 0 Å². The molecule has 15 nitrogen and oxygen atoms in total. The van der Waals surface area contributed by atoms with Crippen LogP contribution in [0.2, 0.25) is 0 Å². The van der Waals surface area contributed by atoms with Crippen molar-refractivity contribution in [2.24, 2.45) is 5.92 Å². The fourth-order valence-electron chi connectivity index (χ4n) is 6.86. The lowest BCUT2D eigenvalue weighted by Crippen LogP contribution is -2.71. The van der Waals surface area contributed by atoms with Gasteiger partial charge in [0.05, 0.1) is 29.8 Å². The molecule has 0 radical (unpaired) electrons. The lowest BCUT2D eigenvalue weighted by molar-refractivity contribution is -0.179. The van der Waals surface area contributed by atoms with Gasteiger partial charge in [-0.3, -0.25) is 14.4 Å². The molecule has 1 saturated heterocycles. The van der Waals surface area contributed by atoms with Crippen LogP contribution in [0.4, 0.5) is 0 Å². The molecule has 0 unspecified atom stereocenters. The fraction of sp³-hybridized carbons (Fsp3) is 0.562. The number of nitrogens with zero attached hydrogens (tertiary/aromatic N) is 1. The number of piperidine rings is 1. The third-order valence-corrected chi connectivity index (χ3v) is 9.36. The highest BCUT2D eigenvalue weighted by atomic mass is 16.6. The second-order valence-electron chi connectivity index (χ2n) is 12.4. The third-order valence-electron chi connectivity index (χ3n) is 9.36. The van der Waals surface area contributed by atoms with E-state index in [-0.39, 0.29) is 29.7 Å². The van der Waals surface area contributed by atoms with E-state index in [4.69, 9.17) is 24.4 Å². The maximum atomic E-state index is 13.3. The van der Waals surface area contributed by atoms with E-state index in [1.54, 1.807) is 12.1 Å². The maximum absolute atomic E-state index is 13.3. The van der Waals surface area contributed by atoms with Gasteiger partial charge in [-0.15, -0.1) is 0 Å². The minimum Gasteiger partial charge on any atom is -0.504 e. The average molecular weight is 662 g/mol. The zero-order valence-electron chi connectivity index (χ0n) is 26.7. The topological polar surface area (TPSA) is 223 Å². The zero-order chi connectivity index (χ0) is 35.0. The van der Waals surface area contributed by atoms with Crippen molar-refractivity contribution >= 4 is 35.6 Å². The summed E-state index contributed by atoms with van der Waals surface area (Å²) in [6.45, 7) is 6.54. The van der Waals surface area contributed by atoms with Gasteiger partial charge in [-0.2, -0.15) is 0 Å². The van der Waals surface area contributed by atoms with Gasteiger partial charge >= 0.3 is 29.8 Å². The molecule has 4 N–H and O–H groups in total. The normalized spacial score (nSPS) is 26.6. The summed E-state index contributed by atoms with van der Waals surface area (Å²) in [5, 5.41) is 41.0. The SMILES string of the molecule is CC(=O)C[C@@H](CC(=O)OC1=CC[C@@]2(O)[C@@H](C)N(C)CC[C@@]23c2c(C)ccc(O)c2O[C@@H]13)C(=O)O[C@@H](C)C(=O)O[C@H](CC(=O)O)C(=O)O. The van der Waals surface area contributed by atoms with Crippen LogP contribution in [0.15, 0.2) is 24.0 Å². The Hall–Kier alpha value is -4.50. The Balaban J connectivity index is 1.54. The summed E-state index contributed by atoms with van der Waals surface area (Å²) in [5.74, 6) is -8.47. The van der Waals surface area contributed by atoms with E-state index in [1.807, 2.05) is 25.8 Å². The summed E-state index contributed by atoms with van der Waals surface area (Å²) in [5.41, 5.74) is -1.07. The van der Waals surface area contributed by atoms with Gasteiger partial charge in [0.15, 0.2) is 23.7 Å². The number of phenolic OH excluding ortho intramolecular Hbond substituents is 1. The molecule has 1 spiro atoms. The molecular weight excluding hydrogens is 622 g/mol. The number of phenols is 1. The number of aromatic hydroxyl groups is 1. The van der Waals surface area contributed by atoms with Crippen molar-refractivity contribution in [1.29, 1.82) is 0 Å². The molecule has 2 heterocycles. The number of Topliss-reactive ketones (excluding diaryl/α,β-unsaturated/α-hetero) is 1. The molecule has 7 atom stereocenters. The third kappa shape index (κ3) is 6.54. The molecule has 256 valence electrons. The number of hydrogen-bond acceptors (Lipinski definition) is 13. The van der Waals surface area contributed by atoms with E-state index in [0.29, 0.717) is 18.5 Å². The van der Waals surface area contributed by atoms with Crippen LogP contribution < -0.4 is 4.74 Å². The summed E-state index contributed by atoms with van der Waals surface area (Å²) in [4.78, 5) is 74.9. The highest BCUT2D eigenvalue weighted by Gasteiger charge is 2.69. The molecule has 0 saturated carbocycles. The van der Waals surface area contributed by atoms with Crippen molar-refractivity contribution in [1.82, 2.24) is 4.90 Å². The number of fused-ring (bicyclic) bond motifs is 1. The van der Waals surface area contributed by atoms with Crippen LogP contribution in [-0.2, 0) is 48.4 Å². The second-order valence-corrected chi connectivity index (χ2v) is 12.4. The predicted molar refractivity (Wildman–Crippen MR) is 158 cm³/mol. The Bertz CT molecular complexity index is 1520. The van der Waals surface area contributed by atoms with Crippen molar-refractivity contribution in [2.45, 2.75) is 95.2 Å². The number of likely N-dealkylation sites (N-methyl/N-ethyl adjacent to an activating group) is 1. The molecule has 0 bridgehead atoms. The number of hydrogen-bond donors (Lipinski definition) is 4. The fourth-order valence-corrected chi connectivity index (χ4v) is 6.86. The van der Waals surface area contributed by atoms with E-state index >= 15 is 0 Å². The van der Waals surface area contributed by atoms with Gasteiger partial charge in [-0.1, -0.05) is 6.07 Å². The monoisotopic (exact) mass is 661 g/mol. The van der Waals surface area contributed by atoms with Gasteiger partial charge in [0, 0.05) is 24.4 Å². The van der Waals surface area contributed by atoms with Crippen LogP contribution in [0.1, 0.15) is 64.0 Å². The van der Waals surface area contributed by atoms with Crippen LogP contribution in [-0.4, -0.2) is 105 Å². The lowest BCUT2D eigenvalue weighted by Gasteiger charge is -2.58. The molecule has 47 heavy (non-hydrogen) atoms. The molecule has 3 aliphatic rings. The molecule has 2 aliphatic heterocycles. The quantitative estimate of drug-likeness (QED) is 0.183. The number of aliphatic carboxylic acids is 2. The van der Waals surface area contributed by atoms with Gasteiger partial charge in [0.2, 0.25) is 6.10 Å². The number of esters is 3. The number of likely N-dealkylation sites (tertiary alicyclic amines) is 1. The van der Waals surface area contributed by atoms with Crippen LogP contribution in [0.5, 0.6) is 11.5 Å². The van der Waals surface area contributed by atoms with Crippen molar-refractivity contribution in [3.63, 3.8) is 0 Å². The number of aliphatic hydroxyl groups is 1. The first-order valence-corrected chi connectivity index (χ1v) is 15.1. The number of carboxylic acids is 2. The molecule has 4 rings (SSSR count). The van der Waals surface area contributed by atoms with E-state index in [0.717, 1.165) is 12.5 Å². The minimum absolute atomic E-state index is 0.0662. The lowest BCUT2D eigenvalue weighted by atomic mass is 9.54. The van der Waals surface area contributed by atoms with Crippen molar-refractivity contribution in [3.8, 4) is 11.5 Å². The molecule has 1 fully saturated rings. The summed E-state index contributed by atoms with van der Waals surface area (Å²) in [7, 11) is 1.89. The highest BCUT2D eigenvalue weighted by molar-refractivity contribution is 5.88. The average Bonchev–Trinajstić information content (AvgIpc) is 3.35. The first-order valence-electron chi connectivity index (χ1n) is 15.1. The minimum atomic E-state index is -2.03. The van der Waals surface area contributed by atoms with E-state index in [9.17, 15) is 39.0 Å². The molecular formula is C32H39NO14.